The summed E-state index contributed by atoms with van der Waals surface area (Å²) in [6.45, 7) is 1.74. The first-order chi connectivity index (χ1) is 15.3. The summed E-state index contributed by atoms with van der Waals surface area (Å²) in [7, 11) is 0. The second-order valence-corrected chi connectivity index (χ2v) is 9.82. The molecule has 0 heterocycles. The van der Waals surface area contributed by atoms with Crippen molar-refractivity contribution in [3.05, 3.63) is 69.5 Å². The lowest BCUT2D eigenvalue weighted by atomic mass is 10.1. The number of hydrogen-bond acceptors (Lipinski definition) is 3. The molecule has 0 aliphatic heterocycles. The van der Waals surface area contributed by atoms with Crippen LogP contribution < -0.4 is 5.32 Å². The van der Waals surface area contributed by atoms with E-state index >= 15 is 0 Å². The summed E-state index contributed by atoms with van der Waals surface area (Å²) in [5.74, 6) is -0.0743. The lowest BCUT2D eigenvalue weighted by Crippen LogP contribution is -2.50. The van der Waals surface area contributed by atoms with Gasteiger partial charge < -0.3 is 10.2 Å². The van der Waals surface area contributed by atoms with Gasteiger partial charge in [0.1, 0.15) is 11.9 Å². The van der Waals surface area contributed by atoms with Crippen molar-refractivity contribution in [1.29, 1.82) is 0 Å². The van der Waals surface area contributed by atoms with Crippen LogP contribution in [-0.2, 0) is 21.9 Å². The highest BCUT2D eigenvalue weighted by atomic mass is 35.5. The number of benzene rings is 2. The van der Waals surface area contributed by atoms with Crippen molar-refractivity contribution in [3.8, 4) is 0 Å². The second-order valence-electron chi connectivity index (χ2n) is 8.02. The molecule has 0 bridgehead atoms. The van der Waals surface area contributed by atoms with Crippen molar-refractivity contribution in [2.45, 2.75) is 57.0 Å². The average molecular weight is 497 g/mol. The highest BCUT2D eigenvalue weighted by molar-refractivity contribution is 7.99. The topological polar surface area (TPSA) is 49.4 Å². The quantitative estimate of drug-likeness (QED) is 0.474. The van der Waals surface area contributed by atoms with Gasteiger partial charge in [0, 0.05) is 23.9 Å². The molecule has 1 atom stereocenters. The van der Waals surface area contributed by atoms with Crippen LogP contribution >= 0.6 is 35.0 Å². The van der Waals surface area contributed by atoms with Gasteiger partial charge in [0.25, 0.3) is 0 Å². The van der Waals surface area contributed by atoms with E-state index in [0.29, 0.717) is 21.4 Å². The minimum absolute atomic E-state index is 0.0398. The highest BCUT2D eigenvalue weighted by Gasteiger charge is 2.28. The van der Waals surface area contributed by atoms with Crippen LogP contribution in [-0.4, -0.2) is 34.6 Å². The molecule has 2 amide bonds. The van der Waals surface area contributed by atoms with E-state index in [-0.39, 0.29) is 30.2 Å². The van der Waals surface area contributed by atoms with Gasteiger partial charge in [-0.1, -0.05) is 60.3 Å². The SMILES string of the molecule is C[C@@H](C(=O)NC1CCCC1)N(Cc1ccccc1F)C(=O)CSCc1ccc(Cl)c(Cl)c1. The third kappa shape index (κ3) is 6.87. The molecule has 1 aliphatic carbocycles. The molecule has 8 heteroatoms. The molecule has 0 spiro atoms. The molecule has 2 aromatic carbocycles. The number of carbonyl (C=O) groups is 2. The van der Waals surface area contributed by atoms with Crippen LogP contribution in [0.1, 0.15) is 43.7 Å². The number of nitrogens with one attached hydrogen (secondary N) is 1. The van der Waals surface area contributed by atoms with Crippen molar-refractivity contribution in [2.75, 3.05) is 5.75 Å². The maximum absolute atomic E-state index is 14.3. The number of hydrogen-bond donors (Lipinski definition) is 1. The molecule has 1 aliphatic rings. The largest absolute Gasteiger partial charge is 0.352 e. The van der Waals surface area contributed by atoms with Crippen LogP contribution in [0.2, 0.25) is 10.0 Å². The Morgan fingerprint density at radius 3 is 2.56 bits per heavy atom. The molecule has 32 heavy (non-hydrogen) atoms. The maximum atomic E-state index is 14.3. The molecule has 0 saturated heterocycles. The first-order valence-corrected chi connectivity index (χ1v) is 12.6. The molecule has 1 N–H and O–H groups in total. The van der Waals surface area contributed by atoms with Gasteiger partial charge in [0.15, 0.2) is 0 Å². The van der Waals surface area contributed by atoms with Crippen molar-refractivity contribution in [2.24, 2.45) is 0 Å². The van der Waals surface area contributed by atoms with E-state index in [1.54, 1.807) is 37.3 Å². The zero-order chi connectivity index (χ0) is 23.1. The third-order valence-electron chi connectivity index (χ3n) is 5.65. The summed E-state index contributed by atoms with van der Waals surface area (Å²) in [6.07, 6.45) is 4.11. The molecule has 2 aromatic rings. The van der Waals surface area contributed by atoms with E-state index < -0.39 is 11.9 Å². The number of thioether (sulfide) groups is 1. The first-order valence-electron chi connectivity index (χ1n) is 10.7. The fraction of sp³-hybridized carbons (Fsp3) is 0.417. The number of rotatable bonds is 9. The Hall–Kier alpha value is -1.76. The zero-order valence-electron chi connectivity index (χ0n) is 18.0. The zero-order valence-corrected chi connectivity index (χ0v) is 20.3. The third-order valence-corrected chi connectivity index (χ3v) is 7.37. The Morgan fingerprint density at radius 1 is 1.16 bits per heavy atom. The van der Waals surface area contributed by atoms with Crippen molar-refractivity contribution in [3.63, 3.8) is 0 Å². The van der Waals surface area contributed by atoms with E-state index in [2.05, 4.69) is 5.32 Å². The molecule has 172 valence electrons. The van der Waals surface area contributed by atoms with Gasteiger partial charge in [-0.3, -0.25) is 9.59 Å². The van der Waals surface area contributed by atoms with Crippen molar-refractivity contribution < 1.29 is 14.0 Å². The summed E-state index contributed by atoms with van der Waals surface area (Å²) < 4.78 is 14.3. The summed E-state index contributed by atoms with van der Waals surface area (Å²) >= 11 is 13.4. The van der Waals surface area contributed by atoms with Crippen LogP contribution in [0.5, 0.6) is 0 Å². The second kappa shape index (κ2) is 11.9. The Kier molecular flexibility index (Phi) is 9.26. The predicted molar refractivity (Wildman–Crippen MR) is 129 cm³/mol. The molecule has 0 radical (unpaired) electrons. The molecular weight excluding hydrogens is 470 g/mol. The monoisotopic (exact) mass is 496 g/mol. The summed E-state index contributed by atoms with van der Waals surface area (Å²) in [5.41, 5.74) is 1.33. The minimum atomic E-state index is -0.701. The summed E-state index contributed by atoms with van der Waals surface area (Å²) in [4.78, 5) is 27.4. The van der Waals surface area contributed by atoms with Gasteiger partial charge in [-0.15, -0.1) is 11.8 Å². The van der Waals surface area contributed by atoms with Crippen LogP contribution in [0, 0.1) is 5.82 Å². The van der Waals surface area contributed by atoms with Crippen LogP contribution in [0.25, 0.3) is 0 Å². The molecular formula is C24H27Cl2FN2O2S. The Bertz CT molecular complexity index is 953. The summed E-state index contributed by atoms with van der Waals surface area (Å²) in [5, 5.41) is 4.00. The van der Waals surface area contributed by atoms with Gasteiger partial charge in [0.05, 0.1) is 15.8 Å². The average Bonchev–Trinajstić information content (AvgIpc) is 3.28. The smallest absolute Gasteiger partial charge is 0.242 e. The normalized spacial score (nSPS) is 14.9. The van der Waals surface area contributed by atoms with Gasteiger partial charge >= 0.3 is 0 Å². The Balaban J connectivity index is 1.66. The number of nitrogens with zero attached hydrogens (tertiary/aromatic N) is 1. The number of amides is 2. The molecule has 0 unspecified atom stereocenters. The molecule has 3 rings (SSSR count). The van der Waals surface area contributed by atoms with Crippen LogP contribution in [0.4, 0.5) is 4.39 Å². The lowest BCUT2D eigenvalue weighted by molar-refractivity contribution is -0.139. The van der Waals surface area contributed by atoms with Gasteiger partial charge in [0.2, 0.25) is 11.8 Å². The van der Waals surface area contributed by atoms with Gasteiger partial charge in [-0.25, -0.2) is 4.39 Å². The van der Waals surface area contributed by atoms with E-state index in [1.807, 2.05) is 6.07 Å². The highest BCUT2D eigenvalue weighted by Crippen LogP contribution is 2.25. The fourth-order valence-corrected chi connectivity index (χ4v) is 4.93. The number of halogens is 3. The molecule has 1 fully saturated rings. The van der Waals surface area contributed by atoms with E-state index in [1.165, 1.54) is 22.7 Å². The predicted octanol–water partition coefficient (Wildman–Crippen LogP) is 5.84. The lowest BCUT2D eigenvalue weighted by Gasteiger charge is -2.29. The molecule has 4 nitrogen and oxygen atoms in total. The first kappa shape index (κ1) is 24.9. The maximum Gasteiger partial charge on any atom is 0.242 e. The van der Waals surface area contributed by atoms with Crippen molar-refractivity contribution in [1.82, 2.24) is 10.2 Å². The Labute approximate surface area is 202 Å². The molecule has 0 aromatic heterocycles. The van der Waals surface area contributed by atoms with E-state index in [9.17, 15) is 14.0 Å². The Morgan fingerprint density at radius 2 is 1.88 bits per heavy atom. The standard InChI is InChI=1S/C24H27Cl2FN2O2S/c1-16(24(31)28-19-7-3-4-8-19)29(13-18-6-2-5-9-22(18)27)23(30)15-32-14-17-10-11-20(25)21(26)12-17/h2,5-6,9-12,16,19H,3-4,7-8,13-15H2,1H3,(H,28,31)/t16-/m0/s1. The van der Waals surface area contributed by atoms with Crippen LogP contribution in [0.15, 0.2) is 42.5 Å². The van der Waals surface area contributed by atoms with E-state index in [0.717, 1.165) is 31.2 Å². The summed E-state index contributed by atoms with van der Waals surface area (Å²) in [6, 6.07) is 11.1. The minimum Gasteiger partial charge on any atom is -0.352 e. The van der Waals surface area contributed by atoms with Gasteiger partial charge in [-0.05, 0) is 43.5 Å². The van der Waals surface area contributed by atoms with Gasteiger partial charge in [-0.2, -0.15) is 0 Å². The number of carbonyl (C=O) groups excluding carboxylic acids is 2. The van der Waals surface area contributed by atoms with Crippen molar-refractivity contribution >= 4 is 46.8 Å². The van der Waals surface area contributed by atoms with E-state index in [4.69, 9.17) is 23.2 Å². The van der Waals surface area contributed by atoms with Crippen LogP contribution in [0.3, 0.4) is 0 Å². The fourth-order valence-electron chi connectivity index (χ4n) is 3.75. The molecule has 1 saturated carbocycles.